The van der Waals surface area contributed by atoms with Crippen LogP contribution in [-0.4, -0.2) is 29.8 Å². The molecular weight excluding hydrogens is 204 g/mol. The molecule has 1 unspecified atom stereocenters. The number of aromatic nitrogens is 2. The van der Waals surface area contributed by atoms with Gasteiger partial charge in [0.15, 0.2) is 0 Å². The largest absolute Gasteiger partial charge is 0.406 e. The second-order valence-electron chi connectivity index (χ2n) is 4.44. The first-order valence-corrected chi connectivity index (χ1v) is 6.02. The summed E-state index contributed by atoms with van der Waals surface area (Å²) in [6.07, 6.45) is 3.57. The van der Waals surface area contributed by atoms with E-state index in [2.05, 4.69) is 27.3 Å². The van der Waals surface area contributed by atoms with Crippen molar-refractivity contribution in [3.05, 3.63) is 5.89 Å². The van der Waals surface area contributed by atoms with Gasteiger partial charge in [0.2, 0.25) is 5.89 Å². The van der Waals surface area contributed by atoms with Crippen molar-refractivity contribution in [1.29, 1.82) is 0 Å². The molecule has 0 amide bonds. The summed E-state index contributed by atoms with van der Waals surface area (Å²) in [5.74, 6) is 0.677. The highest BCUT2D eigenvalue weighted by atomic mass is 16.4. The van der Waals surface area contributed by atoms with Crippen LogP contribution in [0.25, 0.3) is 0 Å². The molecule has 90 valence electrons. The van der Waals surface area contributed by atoms with E-state index >= 15 is 0 Å². The lowest BCUT2D eigenvalue weighted by Crippen LogP contribution is -2.20. The second-order valence-corrected chi connectivity index (χ2v) is 4.44. The van der Waals surface area contributed by atoms with Crippen LogP contribution in [0.5, 0.6) is 0 Å². The molecule has 1 aliphatic rings. The minimum absolute atomic E-state index is 0.133. The average Bonchev–Trinajstić information content (AvgIpc) is 3.02. The maximum absolute atomic E-state index is 5.65. The van der Waals surface area contributed by atoms with Gasteiger partial charge >= 0.3 is 6.01 Å². The van der Waals surface area contributed by atoms with E-state index in [1.165, 1.54) is 12.8 Å². The Labute approximate surface area is 96.2 Å². The number of hydrogen-bond donors (Lipinski definition) is 1. The fourth-order valence-electron chi connectivity index (χ4n) is 1.61. The zero-order valence-corrected chi connectivity index (χ0v) is 10.2. The van der Waals surface area contributed by atoms with Gasteiger partial charge in [0.05, 0.1) is 6.04 Å². The molecule has 5 heteroatoms. The lowest BCUT2D eigenvalue weighted by Gasteiger charge is -2.12. The van der Waals surface area contributed by atoms with Gasteiger partial charge in [-0.05, 0) is 32.7 Å². The lowest BCUT2D eigenvalue weighted by molar-refractivity contribution is 0.416. The summed E-state index contributed by atoms with van der Waals surface area (Å²) in [5.41, 5.74) is 0. The van der Waals surface area contributed by atoms with Gasteiger partial charge in [0, 0.05) is 13.1 Å². The van der Waals surface area contributed by atoms with E-state index in [4.69, 9.17) is 4.42 Å². The number of rotatable bonds is 6. The third-order valence-corrected chi connectivity index (χ3v) is 2.90. The lowest BCUT2D eigenvalue weighted by atomic mass is 10.3. The van der Waals surface area contributed by atoms with E-state index in [9.17, 15) is 0 Å². The van der Waals surface area contributed by atoms with Crippen LogP contribution in [0.2, 0.25) is 0 Å². The van der Waals surface area contributed by atoms with E-state index in [0.29, 0.717) is 17.9 Å². The van der Waals surface area contributed by atoms with Gasteiger partial charge in [-0.2, -0.15) is 0 Å². The van der Waals surface area contributed by atoms with Crippen molar-refractivity contribution in [2.24, 2.45) is 0 Å². The summed E-state index contributed by atoms with van der Waals surface area (Å²) in [4.78, 5) is 2.07. The minimum atomic E-state index is 0.133. The molecule has 2 rings (SSSR count). The summed E-state index contributed by atoms with van der Waals surface area (Å²) in [5, 5.41) is 11.5. The molecular formula is C11H20N4O. The highest BCUT2D eigenvalue weighted by molar-refractivity contribution is 5.27. The van der Waals surface area contributed by atoms with Crippen LogP contribution < -0.4 is 10.2 Å². The Kier molecular flexibility index (Phi) is 3.43. The van der Waals surface area contributed by atoms with Gasteiger partial charge in [-0.1, -0.05) is 12.0 Å². The van der Waals surface area contributed by atoms with Crippen molar-refractivity contribution in [3.8, 4) is 0 Å². The van der Waals surface area contributed by atoms with Gasteiger partial charge in [0.1, 0.15) is 0 Å². The molecule has 1 saturated carbocycles. The van der Waals surface area contributed by atoms with Crippen molar-refractivity contribution >= 4 is 6.01 Å². The molecule has 1 N–H and O–H groups in total. The molecule has 1 fully saturated rings. The van der Waals surface area contributed by atoms with Crippen LogP contribution >= 0.6 is 0 Å². The highest BCUT2D eigenvalue weighted by Crippen LogP contribution is 2.29. The maximum atomic E-state index is 5.65. The molecule has 5 nitrogen and oxygen atoms in total. The molecule has 1 atom stereocenters. The molecule has 0 saturated heterocycles. The predicted octanol–water partition coefficient (Wildman–Crippen LogP) is 1.73. The summed E-state index contributed by atoms with van der Waals surface area (Å²) in [6, 6.07) is 1.38. The van der Waals surface area contributed by atoms with Crippen LogP contribution in [-0.2, 0) is 0 Å². The fraction of sp³-hybridized carbons (Fsp3) is 0.818. The zero-order chi connectivity index (χ0) is 11.5. The van der Waals surface area contributed by atoms with Gasteiger partial charge in [-0.15, -0.1) is 5.10 Å². The van der Waals surface area contributed by atoms with Crippen molar-refractivity contribution < 1.29 is 4.42 Å². The Bertz CT molecular complexity index is 334. The minimum Gasteiger partial charge on any atom is -0.406 e. The number of anilines is 1. The number of nitrogens with zero attached hydrogens (tertiary/aromatic N) is 3. The van der Waals surface area contributed by atoms with Crippen LogP contribution in [0.15, 0.2) is 4.42 Å². The van der Waals surface area contributed by atoms with E-state index in [0.717, 1.165) is 13.0 Å². The van der Waals surface area contributed by atoms with Crippen molar-refractivity contribution in [2.75, 3.05) is 18.5 Å². The van der Waals surface area contributed by atoms with E-state index in [1.807, 2.05) is 14.0 Å². The zero-order valence-electron chi connectivity index (χ0n) is 10.2. The Morgan fingerprint density at radius 2 is 2.25 bits per heavy atom. The SMILES string of the molecule is CCCNC(C)c1nnc(N(C)C2CC2)o1. The van der Waals surface area contributed by atoms with Gasteiger partial charge in [-0.3, -0.25) is 0 Å². The summed E-state index contributed by atoms with van der Waals surface area (Å²) in [6.45, 7) is 5.15. The van der Waals surface area contributed by atoms with Gasteiger partial charge < -0.3 is 14.6 Å². The quantitative estimate of drug-likeness (QED) is 0.797. The number of nitrogens with one attached hydrogen (secondary N) is 1. The first kappa shape index (κ1) is 11.4. The standard InChI is InChI=1S/C11H20N4O/c1-4-7-12-8(2)10-13-14-11(16-10)15(3)9-5-6-9/h8-9,12H,4-7H2,1-3H3. The van der Waals surface area contributed by atoms with Crippen LogP contribution in [0.4, 0.5) is 6.01 Å². The molecule has 16 heavy (non-hydrogen) atoms. The monoisotopic (exact) mass is 224 g/mol. The molecule has 0 aromatic carbocycles. The Morgan fingerprint density at radius 1 is 1.50 bits per heavy atom. The van der Waals surface area contributed by atoms with E-state index in [-0.39, 0.29) is 6.04 Å². The topological polar surface area (TPSA) is 54.2 Å². The molecule has 0 bridgehead atoms. The number of hydrogen-bond acceptors (Lipinski definition) is 5. The van der Waals surface area contributed by atoms with Crippen LogP contribution in [0, 0.1) is 0 Å². The van der Waals surface area contributed by atoms with Gasteiger partial charge in [-0.25, -0.2) is 0 Å². The summed E-state index contributed by atoms with van der Waals surface area (Å²) < 4.78 is 5.65. The molecule has 1 aromatic rings. The van der Waals surface area contributed by atoms with E-state index < -0.39 is 0 Å². The first-order valence-electron chi connectivity index (χ1n) is 6.02. The Hall–Kier alpha value is -1.10. The highest BCUT2D eigenvalue weighted by Gasteiger charge is 2.29. The van der Waals surface area contributed by atoms with Crippen LogP contribution in [0.3, 0.4) is 0 Å². The molecule has 0 aliphatic heterocycles. The Balaban J connectivity index is 1.95. The summed E-state index contributed by atoms with van der Waals surface area (Å²) in [7, 11) is 2.01. The van der Waals surface area contributed by atoms with Gasteiger partial charge in [0.25, 0.3) is 0 Å². The Morgan fingerprint density at radius 3 is 2.88 bits per heavy atom. The second kappa shape index (κ2) is 4.82. The maximum Gasteiger partial charge on any atom is 0.318 e. The van der Waals surface area contributed by atoms with Crippen molar-refractivity contribution in [3.63, 3.8) is 0 Å². The molecule has 0 spiro atoms. The fourth-order valence-corrected chi connectivity index (χ4v) is 1.61. The smallest absolute Gasteiger partial charge is 0.318 e. The molecule has 0 radical (unpaired) electrons. The summed E-state index contributed by atoms with van der Waals surface area (Å²) >= 11 is 0. The molecule has 1 aromatic heterocycles. The third kappa shape index (κ3) is 2.52. The molecule has 1 aliphatic carbocycles. The first-order chi connectivity index (χ1) is 7.72. The normalized spacial score (nSPS) is 17.4. The van der Waals surface area contributed by atoms with Crippen LogP contribution in [0.1, 0.15) is 45.0 Å². The third-order valence-electron chi connectivity index (χ3n) is 2.90. The average molecular weight is 224 g/mol. The molecule has 1 heterocycles. The predicted molar refractivity (Wildman–Crippen MR) is 62.4 cm³/mol. The van der Waals surface area contributed by atoms with E-state index in [1.54, 1.807) is 0 Å². The van der Waals surface area contributed by atoms with Crippen molar-refractivity contribution in [2.45, 2.75) is 45.2 Å². The van der Waals surface area contributed by atoms with Crippen molar-refractivity contribution in [1.82, 2.24) is 15.5 Å².